The highest BCUT2D eigenvalue weighted by Gasteiger charge is 2.14. The number of rotatable bonds is 8. The summed E-state index contributed by atoms with van der Waals surface area (Å²) in [6, 6.07) is 5.57. The maximum Gasteiger partial charge on any atom is 0.341 e. The van der Waals surface area contributed by atoms with Crippen LogP contribution in [0.4, 0.5) is 5.69 Å². The van der Waals surface area contributed by atoms with Crippen LogP contribution in [0.15, 0.2) is 24.3 Å². The second-order valence-corrected chi connectivity index (χ2v) is 8.36. The lowest BCUT2D eigenvalue weighted by Crippen LogP contribution is -2.22. The van der Waals surface area contributed by atoms with E-state index < -0.39 is 43.9 Å². The first-order chi connectivity index (χ1) is 9.57. The number of anilines is 1. The van der Waals surface area contributed by atoms with E-state index in [2.05, 4.69) is 4.72 Å². The van der Waals surface area contributed by atoms with Gasteiger partial charge in [0.1, 0.15) is 15.6 Å². The van der Waals surface area contributed by atoms with Gasteiger partial charge in [-0.15, -0.1) is 0 Å². The number of ether oxygens (including phenoxy) is 1. The van der Waals surface area contributed by atoms with E-state index in [0.717, 1.165) is 6.26 Å². The summed E-state index contributed by atoms with van der Waals surface area (Å²) in [5, 5.41) is 8.44. The van der Waals surface area contributed by atoms with Crippen molar-refractivity contribution >= 4 is 31.5 Å². The SMILES string of the molecule is CS(=O)(=O)CCS(=O)(=O)Nc1ccc(OCC(=O)O)cc1. The van der Waals surface area contributed by atoms with E-state index in [1.807, 2.05) is 0 Å². The van der Waals surface area contributed by atoms with Gasteiger partial charge in [-0.2, -0.15) is 0 Å². The number of sulfone groups is 1. The highest BCUT2D eigenvalue weighted by molar-refractivity contribution is 7.95. The highest BCUT2D eigenvalue weighted by atomic mass is 32.2. The quantitative estimate of drug-likeness (QED) is 0.680. The third-order valence-corrected chi connectivity index (χ3v) is 4.71. The fraction of sp³-hybridized carbons (Fsp3) is 0.364. The molecule has 1 rings (SSSR count). The number of hydrogen-bond donors (Lipinski definition) is 2. The molecule has 0 amide bonds. The van der Waals surface area contributed by atoms with Crippen LogP contribution in [0.25, 0.3) is 0 Å². The Kier molecular flexibility index (Phi) is 5.55. The Morgan fingerprint density at radius 3 is 2.19 bits per heavy atom. The Bertz CT molecular complexity index is 693. The van der Waals surface area contributed by atoms with Crippen molar-refractivity contribution < 1.29 is 31.5 Å². The predicted octanol–water partition coefficient (Wildman–Crippen LogP) is -0.0637. The van der Waals surface area contributed by atoms with E-state index >= 15 is 0 Å². The number of carboxylic acid groups (broad SMARTS) is 1. The van der Waals surface area contributed by atoms with Gasteiger partial charge in [-0.3, -0.25) is 4.72 Å². The van der Waals surface area contributed by atoms with E-state index in [1.54, 1.807) is 0 Å². The van der Waals surface area contributed by atoms with Crippen molar-refractivity contribution in [3.63, 3.8) is 0 Å². The summed E-state index contributed by atoms with van der Waals surface area (Å²) in [4.78, 5) is 10.3. The minimum atomic E-state index is -3.77. The van der Waals surface area contributed by atoms with Crippen LogP contribution in [0, 0.1) is 0 Å². The van der Waals surface area contributed by atoms with Gasteiger partial charge >= 0.3 is 5.97 Å². The molecule has 0 heterocycles. The Balaban J connectivity index is 2.64. The van der Waals surface area contributed by atoms with E-state index in [-0.39, 0.29) is 11.4 Å². The van der Waals surface area contributed by atoms with Crippen LogP contribution in [0.5, 0.6) is 5.75 Å². The van der Waals surface area contributed by atoms with Crippen LogP contribution in [-0.4, -0.2) is 52.3 Å². The van der Waals surface area contributed by atoms with Gasteiger partial charge in [-0.05, 0) is 24.3 Å². The second-order valence-electron chi connectivity index (χ2n) is 4.26. The van der Waals surface area contributed by atoms with Crippen molar-refractivity contribution in [3.8, 4) is 5.75 Å². The minimum absolute atomic E-state index is 0.228. The van der Waals surface area contributed by atoms with Gasteiger partial charge in [0.05, 0.1) is 11.5 Å². The lowest BCUT2D eigenvalue weighted by atomic mass is 10.3. The van der Waals surface area contributed by atoms with Crippen LogP contribution < -0.4 is 9.46 Å². The fourth-order valence-electron chi connectivity index (χ4n) is 1.26. The highest BCUT2D eigenvalue weighted by Crippen LogP contribution is 2.16. The van der Waals surface area contributed by atoms with Gasteiger partial charge in [0, 0.05) is 11.9 Å². The topological polar surface area (TPSA) is 127 Å². The third kappa shape index (κ3) is 7.51. The lowest BCUT2D eigenvalue weighted by molar-refractivity contribution is -0.139. The fourth-order valence-corrected chi connectivity index (χ4v) is 3.94. The summed E-state index contributed by atoms with van der Waals surface area (Å²) >= 11 is 0. The molecular formula is C11H15NO7S2. The maximum absolute atomic E-state index is 11.7. The van der Waals surface area contributed by atoms with Crippen LogP contribution in [0.3, 0.4) is 0 Å². The largest absolute Gasteiger partial charge is 0.482 e. The van der Waals surface area contributed by atoms with Crippen molar-refractivity contribution in [1.82, 2.24) is 0 Å². The van der Waals surface area contributed by atoms with E-state index in [4.69, 9.17) is 9.84 Å². The zero-order valence-corrected chi connectivity index (χ0v) is 12.8. The molecule has 118 valence electrons. The summed E-state index contributed by atoms with van der Waals surface area (Å²) in [6.07, 6.45) is 0.955. The maximum atomic E-state index is 11.7. The smallest absolute Gasteiger partial charge is 0.341 e. The number of carboxylic acids is 1. The summed E-state index contributed by atoms with van der Waals surface area (Å²) in [7, 11) is -7.14. The number of carbonyl (C=O) groups is 1. The molecule has 0 aromatic heterocycles. The van der Waals surface area contributed by atoms with Crippen LogP contribution in [0.2, 0.25) is 0 Å². The van der Waals surface area contributed by atoms with Crippen LogP contribution in [0.1, 0.15) is 0 Å². The monoisotopic (exact) mass is 337 g/mol. The molecule has 8 nitrogen and oxygen atoms in total. The average Bonchev–Trinajstić information content (AvgIpc) is 2.35. The first kappa shape index (κ1) is 17.2. The Labute approximate surface area is 122 Å². The standard InChI is InChI=1S/C11H15NO7S2/c1-20(15,16)6-7-21(17,18)12-9-2-4-10(5-3-9)19-8-11(13)14/h2-5,12H,6-8H2,1H3,(H,13,14). The molecule has 0 saturated carbocycles. The molecular weight excluding hydrogens is 322 g/mol. The molecule has 10 heteroatoms. The predicted molar refractivity (Wildman–Crippen MR) is 76.7 cm³/mol. The first-order valence-corrected chi connectivity index (χ1v) is 9.41. The van der Waals surface area contributed by atoms with Crippen molar-refractivity contribution in [2.45, 2.75) is 0 Å². The summed E-state index contributed by atoms with van der Waals surface area (Å²) < 4.78 is 52.3. The molecule has 0 atom stereocenters. The molecule has 0 aliphatic rings. The number of nitrogens with one attached hydrogen (secondary N) is 1. The van der Waals surface area contributed by atoms with E-state index in [0.29, 0.717) is 0 Å². The minimum Gasteiger partial charge on any atom is -0.482 e. The molecule has 0 spiro atoms. The number of sulfonamides is 1. The molecule has 0 fully saturated rings. The molecule has 2 N–H and O–H groups in total. The molecule has 21 heavy (non-hydrogen) atoms. The molecule has 0 aliphatic heterocycles. The van der Waals surface area contributed by atoms with Crippen LogP contribution >= 0.6 is 0 Å². The Morgan fingerprint density at radius 1 is 1.14 bits per heavy atom. The molecule has 0 aliphatic carbocycles. The zero-order valence-electron chi connectivity index (χ0n) is 11.1. The first-order valence-electron chi connectivity index (χ1n) is 5.70. The number of aliphatic carboxylic acids is 1. The summed E-state index contributed by atoms with van der Waals surface area (Å²) in [6.45, 7) is -0.501. The average molecular weight is 337 g/mol. The van der Waals surface area contributed by atoms with Gasteiger partial charge in [-0.25, -0.2) is 21.6 Å². The van der Waals surface area contributed by atoms with Gasteiger partial charge < -0.3 is 9.84 Å². The number of hydrogen-bond acceptors (Lipinski definition) is 6. The number of benzene rings is 1. The Hall–Kier alpha value is -1.81. The van der Waals surface area contributed by atoms with Crippen molar-refractivity contribution in [3.05, 3.63) is 24.3 Å². The summed E-state index contributed by atoms with van der Waals surface area (Å²) in [5.74, 6) is -1.86. The van der Waals surface area contributed by atoms with Crippen molar-refractivity contribution in [2.75, 3.05) is 29.1 Å². The van der Waals surface area contributed by atoms with Crippen molar-refractivity contribution in [1.29, 1.82) is 0 Å². The molecule has 0 unspecified atom stereocenters. The van der Waals surface area contributed by atoms with Crippen molar-refractivity contribution in [2.24, 2.45) is 0 Å². The molecule has 0 saturated heterocycles. The molecule has 1 aromatic carbocycles. The molecule has 0 bridgehead atoms. The van der Waals surface area contributed by atoms with E-state index in [9.17, 15) is 21.6 Å². The normalized spacial score (nSPS) is 11.9. The van der Waals surface area contributed by atoms with Gasteiger partial charge in [-0.1, -0.05) is 0 Å². The Morgan fingerprint density at radius 2 is 1.71 bits per heavy atom. The third-order valence-electron chi connectivity index (χ3n) is 2.21. The van der Waals surface area contributed by atoms with Gasteiger partial charge in [0.2, 0.25) is 10.0 Å². The zero-order chi connectivity index (χ0) is 16.1. The summed E-state index contributed by atoms with van der Waals surface area (Å²) in [5.41, 5.74) is 0.228. The van der Waals surface area contributed by atoms with Crippen LogP contribution in [-0.2, 0) is 24.7 Å². The molecule has 1 aromatic rings. The second kappa shape index (κ2) is 6.76. The molecule has 0 radical (unpaired) electrons. The lowest BCUT2D eigenvalue weighted by Gasteiger charge is -2.08. The van der Waals surface area contributed by atoms with Gasteiger partial charge in [0.25, 0.3) is 0 Å². The van der Waals surface area contributed by atoms with E-state index in [1.165, 1.54) is 24.3 Å². The van der Waals surface area contributed by atoms with Gasteiger partial charge in [0.15, 0.2) is 6.61 Å².